The SMILES string of the molecule is CN(Cc1nc2ccccc2s1)C(=O)c1ccc(OCC(F)(F)F)nc1. The Kier molecular flexibility index (Phi) is 5.08. The van der Waals surface area contributed by atoms with E-state index in [2.05, 4.69) is 14.7 Å². The maximum Gasteiger partial charge on any atom is 0.422 e. The topological polar surface area (TPSA) is 55.3 Å². The minimum absolute atomic E-state index is 0.187. The second-order valence-electron chi connectivity index (χ2n) is 5.53. The third-order valence-electron chi connectivity index (χ3n) is 3.42. The van der Waals surface area contributed by atoms with Crippen molar-refractivity contribution in [3.8, 4) is 5.88 Å². The first-order valence-corrected chi connectivity index (χ1v) is 8.39. The number of hydrogen-bond acceptors (Lipinski definition) is 5. The van der Waals surface area contributed by atoms with Crippen molar-refractivity contribution in [3.05, 3.63) is 53.2 Å². The number of alkyl halides is 3. The van der Waals surface area contributed by atoms with Crippen LogP contribution in [0.2, 0.25) is 0 Å². The number of para-hydroxylation sites is 1. The molecule has 1 aromatic carbocycles. The molecule has 26 heavy (non-hydrogen) atoms. The van der Waals surface area contributed by atoms with Gasteiger partial charge in [0.05, 0.1) is 22.3 Å². The zero-order chi connectivity index (χ0) is 18.7. The van der Waals surface area contributed by atoms with Crippen LogP contribution in [0.25, 0.3) is 10.2 Å². The molecule has 0 aliphatic carbocycles. The zero-order valence-electron chi connectivity index (χ0n) is 13.7. The number of nitrogens with zero attached hydrogens (tertiary/aromatic N) is 3. The predicted molar refractivity (Wildman–Crippen MR) is 91.2 cm³/mol. The highest BCUT2D eigenvalue weighted by Gasteiger charge is 2.28. The number of carbonyl (C=O) groups is 1. The summed E-state index contributed by atoms with van der Waals surface area (Å²) < 4.78 is 41.9. The van der Waals surface area contributed by atoms with Gasteiger partial charge < -0.3 is 9.64 Å². The van der Waals surface area contributed by atoms with Gasteiger partial charge >= 0.3 is 6.18 Å². The van der Waals surface area contributed by atoms with E-state index in [0.29, 0.717) is 6.54 Å². The van der Waals surface area contributed by atoms with Gasteiger partial charge in [-0.15, -0.1) is 11.3 Å². The number of rotatable bonds is 5. The molecule has 9 heteroatoms. The Morgan fingerprint density at radius 3 is 2.65 bits per heavy atom. The van der Waals surface area contributed by atoms with E-state index in [1.165, 1.54) is 34.6 Å². The van der Waals surface area contributed by atoms with Crippen LogP contribution in [-0.4, -0.2) is 40.6 Å². The summed E-state index contributed by atoms with van der Waals surface area (Å²) in [6.45, 7) is -1.10. The van der Waals surface area contributed by atoms with Crippen molar-refractivity contribution in [2.75, 3.05) is 13.7 Å². The van der Waals surface area contributed by atoms with Crippen molar-refractivity contribution in [1.82, 2.24) is 14.9 Å². The lowest BCUT2D eigenvalue weighted by Gasteiger charge is -2.15. The van der Waals surface area contributed by atoms with Crippen LogP contribution in [-0.2, 0) is 6.54 Å². The Morgan fingerprint density at radius 2 is 2.00 bits per heavy atom. The largest absolute Gasteiger partial charge is 0.468 e. The standard InChI is InChI=1S/C17H14F3N3O2S/c1-23(9-15-22-12-4-2-3-5-13(12)26-15)16(24)11-6-7-14(21-8-11)25-10-17(18,19)20/h2-8H,9-10H2,1H3. The van der Waals surface area contributed by atoms with Crippen molar-refractivity contribution < 1.29 is 22.7 Å². The summed E-state index contributed by atoms with van der Waals surface area (Å²) in [7, 11) is 1.63. The summed E-state index contributed by atoms with van der Waals surface area (Å²) in [4.78, 5) is 22.1. The van der Waals surface area contributed by atoms with Crippen LogP contribution in [0.5, 0.6) is 5.88 Å². The van der Waals surface area contributed by atoms with Gasteiger partial charge in [-0.1, -0.05) is 12.1 Å². The average molecular weight is 381 g/mol. The molecular formula is C17H14F3N3O2S. The smallest absolute Gasteiger partial charge is 0.422 e. The number of amides is 1. The third kappa shape index (κ3) is 4.48. The normalized spacial score (nSPS) is 11.5. The number of thiazole rings is 1. The van der Waals surface area contributed by atoms with Gasteiger partial charge in [0.1, 0.15) is 5.01 Å². The van der Waals surface area contributed by atoms with Crippen molar-refractivity contribution in [1.29, 1.82) is 0 Å². The molecule has 0 bridgehead atoms. The average Bonchev–Trinajstić information content (AvgIpc) is 3.01. The van der Waals surface area contributed by atoms with Crippen LogP contribution >= 0.6 is 11.3 Å². The second kappa shape index (κ2) is 7.28. The molecule has 0 aliphatic heterocycles. The Bertz CT molecular complexity index is 877. The predicted octanol–water partition coefficient (Wildman–Crippen LogP) is 3.90. The number of carbonyl (C=O) groups excluding carboxylic acids is 1. The molecule has 3 aromatic rings. The lowest BCUT2D eigenvalue weighted by Crippen LogP contribution is -2.26. The van der Waals surface area contributed by atoms with Gasteiger partial charge in [0.2, 0.25) is 5.88 Å². The molecular weight excluding hydrogens is 367 g/mol. The van der Waals surface area contributed by atoms with E-state index in [9.17, 15) is 18.0 Å². The zero-order valence-corrected chi connectivity index (χ0v) is 14.5. The number of fused-ring (bicyclic) bond motifs is 1. The minimum atomic E-state index is -4.44. The molecule has 0 spiro atoms. The number of hydrogen-bond donors (Lipinski definition) is 0. The summed E-state index contributed by atoms with van der Waals surface area (Å²) in [5.41, 5.74) is 1.13. The third-order valence-corrected chi connectivity index (χ3v) is 4.45. The highest BCUT2D eigenvalue weighted by molar-refractivity contribution is 7.18. The van der Waals surface area contributed by atoms with Crippen LogP contribution in [0.4, 0.5) is 13.2 Å². The minimum Gasteiger partial charge on any atom is -0.468 e. The Morgan fingerprint density at radius 1 is 1.23 bits per heavy atom. The first kappa shape index (κ1) is 18.1. The molecule has 5 nitrogen and oxygen atoms in total. The maximum absolute atomic E-state index is 12.4. The molecule has 2 aromatic heterocycles. The quantitative estimate of drug-likeness (QED) is 0.673. The molecule has 1 amide bonds. The molecule has 0 aliphatic rings. The van der Waals surface area contributed by atoms with Crippen molar-refractivity contribution in [2.45, 2.75) is 12.7 Å². The highest BCUT2D eigenvalue weighted by atomic mass is 32.1. The van der Waals surface area contributed by atoms with Gasteiger partial charge in [0.25, 0.3) is 5.91 Å². The fraction of sp³-hybridized carbons (Fsp3) is 0.235. The fourth-order valence-corrected chi connectivity index (χ4v) is 3.25. The summed E-state index contributed by atoms with van der Waals surface area (Å²) in [5.74, 6) is -0.494. The van der Waals surface area contributed by atoms with Gasteiger partial charge in [0, 0.05) is 19.3 Å². The number of aromatic nitrogens is 2. The Labute approximate surface area is 151 Å². The van der Waals surface area contributed by atoms with Gasteiger partial charge in [-0.2, -0.15) is 13.2 Å². The van der Waals surface area contributed by atoms with Crippen LogP contribution in [0, 0.1) is 0 Å². The number of halogens is 3. The van der Waals surface area contributed by atoms with Crippen molar-refractivity contribution >= 4 is 27.5 Å². The molecule has 0 fully saturated rings. The van der Waals surface area contributed by atoms with Gasteiger partial charge in [-0.3, -0.25) is 4.79 Å². The van der Waals surface area contributed by atoms with Crippen LogP contribution in [0.1, 0.15) is 15.4 Å². The maximum atomic E-state index is 12.4. The van der Waals surface area contributed by atoms with Crippen LogP contribution in [0.15, 0.2) is 42.6 Å². The first-order valence-electron chi connectivity index (χ1n) is 7.57. The first-order chi connectivity index (χ1) is 12.3. The fourth-order valence-electron chi connectivity index (χ4n) is 2.23. The highest BCUT2D eigenvalue weighted by Crippen LogP contribution is 2.23. The lowest BCUT2D eigenvalue weighted by molar-refractivity contribution is -0.154. The number of ether oxygens (including phenoxy) is 1. The van der Waals surface area contributed by atoms with Gasteiger partial charge in [-0.25, -0.2) is 9.97 Å². The molecule has 0 unspecified atom stereocenters. The van der Waals surface area contributed by atoms with Crippen LogP contribution < -0.4 is 4.74 Å². The van der Waals surface area contributed by atoms with E-state index in [1.54, 1.807) is 7.05 Å². The summed E-state index contributed by atoms with van der Waals surface area (Å²) in [5, 5.41) is 0.792. The van der Waals surface area contributed by atoms with Gasteiger partial charge in [-0.05, 0) is 18.2 Å². The van der Waals surface area contributed by atoms with Gasteiger partial charge in [0.15, 0.2) is 6.61 Å². The summed E-state index contributed by atoms with van der Waals surface area (Å²) in [6.07, 6.45) is -3.24. The molecule has 0 N–H and O–H groups in total. The molecule has 3 rings (SSSR count). The number of pyridine rings is 1. The summed E-state index contributed by atoms with van der Waals surface area (Å²) >= 11 is 1.50. The molecule has 0 radical (unpaired) electrons. The van der Waals surface area contributed by atoms with Crippen LogP contribution in [0.3, 0.4) is 0 Å². The lowest BCUT2D eigenvalue weighted by atomic mass is 10.2. The number of benzene rings is 1. The Hall–Kier alpha value is -2.68. The van der Waals surface area contributed by atoms with E-state index >= 15 is 0 Å². The molecule has 2 heterocycles. The van der Waals surface area contributed by atoms with Crippen molar-refractivity contribution in [3.63, 3.8) is 0 Å². The second-order valence-corrected chi connectivity index (χ2v) is 6.64. The monoisotopic (exact) mass is 381 g/mol. The van der Waals surface area contributed by atoms with E-state index in [1.807, 2.05) is 24.3 Å². The Balaban J connectivity index is 1.64. The molecule has 136 valence electrons. The van der Waals surface area contributed by atoms with E-state index in [4.69, 9.17) is 0 Å². The summed E-state index contributed by atoms with van der Waals surface area (Å²) in [6, 6.07) is 10.3. The van der Waals surface area contributed by atoms with E-state index in [-0.39, 0.29) is 17.4 Å². The van der Waals surface area contributed by atoms with E-state index in [0.717, 1.165) is 15.2 Å². The molecule has 0 saturated heterocycles. The molecule has 0 saturated carbocycles. The molecule has 0 atom stereocenters. The van der Waals surface area contributed by atoms with E-state index < -0.39 is 12.8 Å². The van der Waals surface area contributed by atoms with Crippen molar-refractivity contribution in [2.24, 2.45) is 0 Å².